The Morgan fingerprint density at radius 2 is 2.08 bits per heavy atom. The van der Waals surface area contributed by atoms with Gasteiger partial charge in [-0.05, 0) is 59.9 Å². The number of thiophene rings is 1. The first-order valence-electron chi connectivity index (χ1n) is 9.85. The van der Waals surface area contributed by atoms with E-state index >= 15 is 0 Å². The van der Waals surface area contributed by atoms with Crippen LogP contribution in [0.5, 0.6) is 0 Å². The second-order valence-corrected chi connectivity index (χ2v) is 8.34. The molecule has 1 aromatic rings. The second kappa shape index (κ2) is 9.58. The normalized spacial score (nSPS) is 21.7. The summed E-state index contributed by atoms with van der Waals surface area (Å²) in [6, 6.07) is 2.22. The van der Waals surface area contributed by atoms with Gasteiger partial charge in [0, 0.05) is 33.3 Å². The number of ether oxygens (including phenoxy) is 1. The average molecular weight is 364 g/mol. The lowest BCUT2D eigenvalue weighted by molar-refractivity contribution is 0.00102. The number of hydrogen-bond acceptors (Lipinski definition) is 3. The highest BCUT2D eigenvalue weighted by atomic mass is 32.1. The lowest BCUT2D eigenvalue weighted by Crippen LogP contribution is -2.47. The van der Waals surface area contributed by atoms with Crippen LogP contribution >= 0.6 is 11.3 Å². The van der Waals surface area contributed by atoms with Crippen LogP contribution in [0.3, 0.4) is 0 Å². The quantitative estimate of drug-likeness (QED) is 0.611. The summed E-state index contributed by atoms with van der Waals surface area (Å²) in [7, 11) is 1.89. The molecule has 140 valence electrons. The molecule has 0 amide bonds. The molecular weight excluding hydrogens is 330 g/mol. The van der Waals surface area contributed by atoms with Crippen LogP contribution in [0.2, 0.25) is 0 Å². The highest BCUT2D eigenvalue weighted by Gasteiger charge is 2.24. The number of aliphatic imine (C=N–C) groups is 1. The third-order valence-corrected chi connectivity index (χ3v) is 6.38. The standard InChI is InChI=1S/C20H33N3OS/c1-16(18-9-12-25-15-18)13-22-20(21-2)23-10-7-19(8-11-23)24-14-17-5-3-4-6-17/h9,12,15-17,19H,3-8,10-11,13-14H2,1-2H3,(H,21,22). The summed E-state index contributed by atoms with van der Waals surface area (Å²) in [5.74, 6) is 2.37. The van der Waals surface area contributed by atoms with Crippen LogP contribution < -0.4 is 5.32 Å². The first kappa shape index (κ1) is 18.7. The van der Waals surface area contributed by atoms with Crippen LogP contribution in [-0.2, 0) is 4.74 Å². The summed E-state index contributed by atoms with van der Waals surface area (Å²) in [6.45, 7) is 6.27. The van der Waals surface area contributed by atoms with E-state index in [4.69, 9.17) is 4.74 Å². The zero-order valence-electron chi connectivity index (χ0n) is 15.7. The molecule has 1 saturated carbocycles. The molecule has 1 unspecified atom stereocenters. The molecule has 0 spiro atoms. The van der Waals surface area contributed by atoms with E-state index in [-0.39, 0.29) is 0 Å². The van der Waals surface area contributed by atoms with Crippen LogP contribution in [0.15, 0.2) is 21.8 Å². The van der Waals surface area contributed by atoms with Gasteiger partial charge in [0.05, 0.1) is 6.10 Å². The number of likely N-dealkylation sites (tertiary alicyclic amines) is 1. The molecule has 0 bridgehead atoms. The Kier molecular flexibility index (Phi) is 7.17. The molecule has 0 aromatic carbocycles. The Balaban J connectivity index is 1.38. The number of guanidine groups is 1. The topological polar surface area (TPSA) is 36.9 Å². The Bertz CT molecular complexity index is 517. The van der Waals surface area contributed by atoms with Crippen molar-refractivity contribution < 1.29 is 4.74 Å². The first-order chi connectivity index (χ1) is 12.3. The first-order valence-corrected chi connectivity index (χ1v) is 10.8. The number of rotatable bonds is 6. The molecular formula is C20H33N3OS. The summed E-state index contributed by atoms with van der Waals surface area (Å²) in [5.41, 5.74) is 1.41. The van der Waals surface area contributed by atoms with E-state index in [9.17, 15) is 0 Å². The van der Waals surface area contributed by atoms with E-state index in [1.165, 1.54) is 31.2 Å². The highest BCUT2D eigenvalue weighted by molar-refractivity contribution is 7.07. The van der Waals surface area contributed by atoms with Gasteiger partial charge in [-0.15, -0.1) is 0 Å². The molecule has 1 aliphatic carbocycles. The minimum absolute atomic E-state index is 0.444. The van der Waals surface area contributed by atoms with Crippen molar-refractivity contribution in [3.05, 3.63) is 22.4 Å². The van der Waals surface area contributed by atoms with Crippen molar-refractivity contribution in [2.45, 2.75) is 57.5 Å². The zero-order chi connectivity index (χ0) is 17.5. The number of nitrogens with zero attached hydrogens (tertiary/aromatic N) is 2. The Morgan fingerprint density at radius 1 is 1.32 bits per heavy atom. The van der Waals surface area contributed by atoms with E-state index in [1.807, 2.05) is 7.05 Å². The maximum absolute atomic E-state index is 6.19. The summed E-state index contributed by atoms with van der Waals surface area (Å²) in [5, 5.41) is 7.95. The highest BCUT2D eigenvalue weighted by Crippen LogP contribution is 2.26. The monoisotopic (exact) mass is 363 g/mol. The fraction of sp³-hybridized carbons (Fsp3) is 0.750. The molecule has 25 heavy (non-hydrogen) atoms. The maximum Gasteiger partial charge on any atom is 0.193 e. The van der Waals surface area contributed by atoms with Gasteiger partial charge in [0.25, 0.3) is 0 Å². The molecule has 2 heterocycles. The minimum atomic E-state index is 0.444. The smallest absolute Gasteiger partial charge is 0.193 e. The van der Waals surface area contributed by atoms with Crippen molar-refractivity contribution in [1.82, 2.24) is 10.2 Å². The van der Waals surface area contributed by atoms with E-state index in [1.54, 1.807) is 11.3 Å². The van der Waals surface area contributed by atoms with Gasteiger partial charge in [-0.3, -0.25) is 4.99 Å². The Labute approximate surface area is 156 Å². The minimum Gasteiger partial charge on any atom is -0.378 e. The third-order valence-electron chi connectivity index (χ3n) is 5.67. The summed E-state index contributed by atoms with van der Waals surface area (Å²) in [6.07, 6.45) is 8.23. The Hall–Kier alpha value is -1.07. The zero-order valence-corrected chi connectivity index (χ0v) is 16.6. The average Bonchev–Trinajstić information content (AvgIpc) is 3.35. The van der Waals surface area contributed by atoms with Crippen molar-refractivity contribution in [2.24, 2.45) is 10.9 Å². The molecule has 2 fully saturated rings. The van der Waals surface area contributed by atoms with Crippen molar-refractivity contribution in [2.75, 3.05) is 33.3 Å². The molecule has 5 heteroatoms. The van der Waals surface area contributed by atoms with E-state index in [2.05, 4.69) is 39.0 Å². The summed E-state index contributed by atoms with van der Waals surface area (Å²) in [4.78, 5) is 6.88. The molecule has 3 rings (SSSR count). The van der Waals surface area contributed by atoms with Crippen LogP contribution in [0, 0.1) is 5.92 Å². The van der Waals surface area contributed by atoms with Crippen molar-refractivity contribution in [3.63, 3.8) is 0 Å². The second-order valence-electron chi connectivity index (χ2n) is 7.56. The van der Waals surface area contributed by atoms with Gasteiger partial charge >= 0.3 is 0 Å². The number of nitrogens with one attached hydrogen (secondary N) is 1. The van der Waals surface area contributed by atoms with Gasteiger partial charge in [0.2, 0.25) is 0 Å². The SMILES string of the molecule is CN=C(NCC(C)c1ccsc1)N1CCC(OCC2CCCC2)CC1. The number of piperidine rings is 1. The number of hydrogen-bond donors (Lipinski definition) is 1. The van der Waals surface area contributed by atoms with Gasteiger partial charge in [-0.1, -0.05) is 19.8 Å². The summed E-state index contributed by atoms with van der Waals surface area (Å²) < 4.78 is 6.19. The Morgan fingerprint density at radius 3 is 2.72 bits per heavy atom. The molecule has 1 N–H and O–H groups in total. The third kappa shape index (κ3) is 5.45. The molecule has 2 aliphatic rings. The van der Waals surface area contributed by atoms with Gasteiger partial charge in [0.15, 0.2) is 5.96 Å². The largest absolute Gasteiger partial charge is 0.378 e. The van der Waals surface area contributed by atoms with Gasteiger partial charge in [0.1, 0.15) is 0 Å². The van der Waals surface area contributed by atoms with E-state index in [0.717, 1.165) is 51.0 Å². The van der Waals surface area contributed by atoms with Crippen LogP contribution in [-0.4, -0.2) is 50.3 Å². The molecule has 0 radical (unpaired) electrons. The van der Waals surface area contributed by atoms with E-state index in [0.29, 0.717) is 12.0 Å². The molecule has 1 aliphatic heterocycles. The van der Waals surface area contributed by atoms with Crippen molar-refractivity contribution in [1.29, 1.82) is 0 Å². The molecule has 4 nitrogen and oxygen atoms in total. The van der Waals surface area contributed by atoms with E-state index < -0.39 is 0 Å². The summed E-state index contributed by atoms with van der Waals surface area (Å²) >= 11 is 1.77. The predicted octanol–water partition coefficient (Wildman–Crippen LogP) is 4.10. The fourth-order valence-electron chi connectivity index (χ4n) is 3.93. The van der Waals surface area contributed by atoms with Gasteiger partial charge in [-0.25, -0.2) is 0 Å². The van der Waals surface area contributed by atoms with Gasteiger partial charge in [-0.2, -0.15) is 11.3 Å². The molecule has 1 saturated heterocycles. The van der Waals surface area contributed by atoms with Crippen LogP contribution in [0.1, 0.15) is 56.9 Å². The van der Waals surface area contributed by atoms with Crippen LogP contribution in [0.4, 0.5) is 0 Å². The molecule has 1 atom stereocenters. The van der Waals surface area contributed by atoms with Crippen molar-refractivity contribution >= 4 is 17.3 Å². The van der Waals surface area contributed by atoms with Crippen molar-refractivity contribution in [3.8, 4) is 0 Å². The predicted molar refractivity (Wildman–Crippen MR) is 107 cm³/mol. The maximum atomic E-state index is 6.19. The van der Waals surface area contributed by atoms with Crippen LogP contribution in [0.25, 0.3) is 0 Å². The lowest BCUT2D eigenvalue weighted by atomic mass is 10.1. The fourth-order valence-corrected chi connectivity index (χ4v) is 4.72. The van der Waals surface area contributed by atoms with Gasteiger partial charge < -0.3 is 15.0 Å². The lowest BCUT2D eigenvalue weighted by Gasteiger charge is -2.34. The molecule has 1 aromatic heterocycles.